The average molecular weight is 555 g/mol. The quantitative estimate of drug-likeness (QED) is 0.185. The average Bonchev–Trinajstić information content (AvgIpc) is 2.98. The first-order valence-corrected chi connectivity index (χ1v) is 15.8. The molecule has 0 saturated heterocycles. The van der Waals surface area contributed by atoms with Crippen molar-refractivity contribution in [3.8, 4) is 16.9 Å². The lowest BCUT2D eigenvalue weighted by molar-refractivity contribution is 0.105. The number of benzene rings is 4. The number of hydrogen-bond donors (Lipinski definition) is 0. The van der Waals surface area contributed by atoms with Crippen molar-refractivity contribution in [3.63, 3.8) is 0 Å². The topological polar surface area (TPSA) is 43.4 Å². The lowest BCUT2D eigenvalue weighted by atomic mass is 9.78. The highest BCUT2D eigenvalue weighted by molar-refractivity contribution is 7.91. The van der Waals surface area contributed by atoms with Gasteiger partial charge in [0.1, 0.15) is 11.4 Å². The molecule has 0 fully saturated rings. The van der Waals surface area contributed by atoms with Crippen LogP contribution < -0.4 is 4.74 Å². The maximum absolute atomic E-state index is 13.3. The van der Waals surface area contributed by atoms with Gasteiger partial charge in [0.05, 0.1) is 9.79 Å². The van der Waals surface area contributed by atoms with Crippen molar-refractivity contribution < 1.29 is 13.2 Å². The van der Waals surface area contributed by atoms with Crippen LogP contribution in [0.5, 0.6) is 5.75 Å². The minimum absolute atomic E-state index is 0.0629. The molecule has 0 aliphatic rings. The van der Waals surface area contributed by atoms with Gasteiger partial charge in [0, 0.05) is 0 Å². The van der Waals surface area contributed by atoms with E-state index in [1.165, 1.54) is 11.1 Å². The van der Waals surface area contributed by atoms with Crippen molar-refractivity contribution in [2.75, 3.05) is 0 Å². The fourth-order valence-corrected chi connectivity index (χ4v) is 6.04. The van der Waals surface area contributed by atoms with Crippen molar-refractivity contribution in [2.24, 2.45) is 0 Å². The molecule has 0 saturated carbocycles. The zero-order chi connectivity index (χ0) is 29.0. The van der Waals surface area contributed by atoms with Crippen LogP contribution in [0.1, 0.15) is 77.5 Å². The molecule has 0 aliphatic heterocycles. The summed E-state index contributed by atoms with van der Waals surface area (Å²) in [5.41, 5.74) is 5.61. The molecule has 0 N–H and O–H groups in total. The Hall–Kier alpha value is -3.37. The van der Waals surface area contributed by atoms with Crippen molar-refractivity contribution in [1.82, 2.24) is 0 Å². The Kier molecular flexibility index (Phi) is 8.90. The number of rotatable bonds is 11. The van der Waals surface area contributed by atoms with E-state index in [2.05, 4.69) is 77.9 Å². The third-order valence-corrected chi connectivity index (χ3v) is 10.2. The predicted molar refractivity (Wildman–Crippen MR) is 166 cm³/mol. The van der Waals surface area contributed by atoms with Gasteiger partial charge in [0.15, 0.2) is 0 Å². The molecular formula is C36H42O3S. The van der Waals surface area contributed by atoms with Gasteiger partial charge in [-0.15, -0.1) is 0 Å². The van der Waals surface area contributed by atoms with E-state index in [1.807, 2.05) is 36.4 Å². The Morgan fingerprint density at radius 3 is 1.45 bits per heavy atom. The fourth-order valence-electron chi connectivity index (χ4n) is 4.77. The van der Waals surface area contributed by atoms with E-state index < -0.39 is 9.84 Å². The van der Waals surface area contributed by atoms with E-state index in [1.54, 1.807) is 24.3 Å². The summed E-state index contributed by atoms with van der Waals surface area (Å²) in [6, 6.07) is 31.5. The zero-order valence-corrected chi connectivity index (χ0v) is 25.5. The van der Waals surface area contributed by atoms with Crippen LogP contribution in [0.4, 0.5) is 0 Å². The van der Waals surface area contributed by atoms with Gasteiger partial charge in [-0.05, 0) is 109 Å². The van der Waals surface area contributed by atoms with Gasteiger partial charge in [-0.2, -0.15) is 0 Å². The second kappa shape index (κ2) is 12.0. The van der Waals surface area contributed by atoms with Gasteiger partial charge >= 0.3 is 0 Å². The van der Waals surface area contributed by atoms with E-state index in [9.17, 15) is 8.42 Å². The summed E-state index contributed by atoms with van der Waals surface area (Å²) in [5.74, 6) is 0.880. The van der Waals surface area contributed by atoms with E-state index in [0.29, 0.717) is 9.79 Å². The van der Waals surface area contributed by atoms with Crippen LogP contribution in [-0.4, -0.2) is 14.0 Å². The van der Waals surface area contributed by atoms with E-state index in [-0.39, 0.29) is 11.0 Å². The van der Waals surface area contributed by atoms with Gasteiger partial charge in [-0.25, -0.2) is 8.42 Å². The van der Waals surface area contributed by atoms with Crippen LogP contribution >= 0.6 is 0 Å². The molecule has 40 heavy (non-hydrogen) atoms. The Morgan fingerprint density at radius 2 is 1.00 bits per heavy atom. The Labute approximate surface area is 241 Å². The van der Waals surface area contributed by atoms with Crippen molar-refractivity contribution >= 4 is 9.84 Å². The smallest absolute Gasteiger partial charge is 0.206 e. The molecule has 0 aliphatic carbocycles. The SMILES string of the molecule is CCC(C)(C)Oc1ccc(-c2ccc(Cc3ccc(S(=O)(=O)c4ccc(C(C)(CC)CC)cc4)cc3)cc2)cc1. The predicted octanol–water partition coefficient (Wildman–Crippen LogP) is 9.42. The van der Waals surface area contributed by atoms with Crippen molar-refractivity contribution in [3.05, 3.63) is 114 Å². The number of hydrogen-bond acceptors (Lipinski definition) is 3. The summed E-state index contributed by atoms with van der Waals surface area (Å²) in [7, 11) is -3.56. The summed E-state index contributed by atoms with van der Waals surface area (Å²) in [6.07, 6.45) is 3.71. The summed E-state index contributed by atoms with van der Waals surface area (Å²) in [4.78, 5) is 0.658. The molecule has 0 bridgehead atoms. The molecule has 0 amide bonds. The highest BCUT2D eigenvalue weighted by Crippen LogP contribution is 2.32. The van der Waals surface area contributed by atoms with Crippen molar-refractivity contribution in [1.29, 1.82) is 0 Å². The molecule has 210 valence electrons. The first kappa shape index (κ1) is 29.6. The molecule has 4 heteroatoms. The van der Waals surface area contributed by atoms with Gasteiger partial charge in [0.2, 0.25) is 9.84 Å². The Balaban J connectivity index is 1.42. The maximum atomic E-state index is 13.3. The normalized spacial score (nSPS) is 12.3. The third kappa shape index (κ3) is 6.67. The molecule has 3 nitrogen and oxygen atoms in total. The van der Waals surface area contributed by atoms with Gasteiger partial charge in [0.25, 0.3) is 0 Å². The maximum Gasteiger partial charge on any atom is 0.206 e. The molecule has 4 aromatic carbocycles. The molecule has 0 spiro atoms. The Bertz CT molecular complexity index is 1490. The molecule has 0 aromatic heterocycles. The highest BCUT2D eigenvalue weighted by atomic mass is 32.2. The standard InChI is InChI=1S/C36H42O3S/c1-7-35(4,5)39-32-20-16-30(17-21-32)29-14-10-27(11-15-29)26-28-12-22-33(23-13-28)40(37,38)34-24-18-31(19-25-34)36(6,8-2)9-3/h10-25H,7-9,26H2,1-6H3. The van der Waals surface area contributed by atoms with Crippen LogP contribution in [0.15, 0.2) is 107 Å². The van der Waals surface area contributed by atoms with Gasteiger partial charge in [-0.1, -0.05) is 88.4 Å². The first-order valence-electron chi connectivity index (χ1n) is 14.3. The molecule has 0 heterocycles. The molecule has 0 atom stereocenters. The van der Waals surface area contributed by atoms with Gasteiger partial charge < -0.3 is 4.74 Å². The first-order chi connectivity index (χ1) is 19.0. The second-order valence-electron chi connectivity index (χ2n) is 11.6. The molecule has 0 radical (unpaired) electrons. The molecule has 4 rings (SSSR count). The minimum atomic E-state index is -3.56. The third-order valence-electron chi connectivity index (χ3n) is 8.45. The molecule has 0 unspecified atom stereocenters. The van der Waals surface area contributed by atoms with Crippen LogP contribution in [0.25, 0.3) is 11.1 Å². The van der Waals surface area contributed by atoms with Crippen LogP contribution in [-0.2, 0) is 21.7 Å². The second-order valence-corrected chi connectivity index (χ2v) is 13.5. The number of sulfone groups is 1. The molecular weight excluding hydrogens is 512 g/mol. The minimum Gasteiger partial charge on any atom is -0.488 e. The lowest BCUT2D eigenvalue weighted by Crippen LogP contribution is -2.26. The van der Waals surface area contributed by atoms with Crippen molar-refractivity contribution in [2.45, 2.75) is 88.0 Å². The Morgan fingerprint density at radius 1 is 0.575 bits per heavy atom. The fraction of sp³-hybridized carbons (Fsp3) is 0.333. The van der Waals surface area contributed by atoms with E-state index >= 15 is 0 Å². The summed E-state index contributed by atoms with van der Waals surface area (Å²) in [6.45, 7) is 12.9. The van der Waals surface area contributed by atoms with Crippen LogP contribution in [0.3, 0.4) is 0 Å². The van der Waals surface area contributed by atoms with Crippen LogP contribution in [0.2, 0.25) is 0 Å². The summed E-state index contributed by atoms with van der Waals surface area (Å²) in [5, 5.41) is 0. The van der Waals surface area contributed by atoms with Crippen LogP contribution in [0, 0.1) is 0 Å². The van der Waals surface area contributed by atoms with E-state index in [0.717, 1.165) is 48.1 Å². The monoisotopic (exact) mass is 554 g/mol. The largest absolute Gasteiger partial charge is 0.488 e. The highest BCUT2D eigenvalue weighted by Gasteiger charge is 2.24. The number of ether oxygens (including phenoxy) is 1. The van der Waals surface area contributed by atoms with E-state index in [4.69, 9.17) is 4.74 Å². The molecule has 4 aromatic rings. The summed E-state index contributed by atoms with van der Waals surface area (Å²) < 4.78 is 32.6. The summed E-state index contributed by atoms with van der Waals surface area (Å²) >= 11 is 0. The zero-order valence-electron chi connectivity index (χ0n) is 24.7. The lowest BCUT2D eigenvalue weighted by Gasteiger charge is -2.27. The van der Waals surface area contributed by atoms with Gasteiger partial charge in [-0.3, -0.25) is 0 Å².